The summed E-state index contributed by atoms with van der Waals surface area (Å²) in [4.78, 5) is 14.9. The van der Waals surface area contributed by atoms with Crippen LogP contribution in [0, 0.1) is 5.92 Å². The second-order valence-corrected chi connectivity index (χ2v) is 6.04. The van der Waals surface area contributed by atoms with Gasteiger partial charge in [0.1, 0.15) is 0 Å². The summed E-state index contributed by atoms with van der Waals surface area (Å²) < 4.78 is 0. The number of hydrogen-bond donors (Lipinski definition) is 3. The van der Waals surface area contributed by atoms with Crippen LogP contribution >= 0.6 is 0 Å². The predicted molar refractivity (Wildman–Crippen MR) is 82.2 cm³/mol. The van der Waals surface area contributed by atoms with E-state index in [-0.39, 0.29) is 11.8 Å². The molecule has 0 radical (unpaired) electrons. The Balaban J connectivity index is 1.62. The average molecular weight is 288 g/mol. The summed E-state index contributed by atoms with van der Waals surface area (Å²) in [5.74, 6) is 0.109. The Bertz CT molecular complexity index is 523. The molecule has 2 aliphatic heterocycles. The Morgan fingerprint density at radius 1 is 1.29 bits per heavy atom. The fourth-order valence-electron chi connectivity index (χ4n) is 3.48. The largest absolute Gasteiger partial charge is 0.488 e. The van der Waals surface area contributed by atoms with Gasteiger partial charge >= 0.3 is 7.12 Å². The van der Waals surface area contributed by atoms with E-state index in [9.17, 15) is 14.8 Å². The molecule has 2 saturated heterocycles. The van der Waals surface area contributed by atoms with Crippen molar-refractivity contribution in [1.82, 2.24) is 4.90 Å². The number of fused-ring (bicyclic) bond motifs is 1. The predicted octanol–water partition coefficient (Wildman–Crippen LogP) is 0.179. The topological polar surface area (TPSA) is 72.8 Å². The first-order valence-corrected chi connectivity index (χ1v) is 7.64. The lowest BCUT2D eigenvalue weighted by Crippen LogP contribution is -2.41. The summed E-state index contributed by atoms with van der Waals surface area (Å²) in [6.07, 6.45) is 4.30. The van der Waals surface area contributed by atoms with Crippen LogP contribution in [-0.2, 0) is 4.79 Å². The van der Waals surface area contributed by atoms with E-state index in [1.807, 2.05) is 0 Å². The van der Waals surface area contributed by atoms with Gasteiger partial charge in [0.25, 0.3) is 0 Å². The van der Waals surface area contributed by atoms with Gasteiger partial charge in [0.15, 0.2) is 0 Å². The monoisotopic (exact) mass is 288 g/mol. The molecule has 3 N–H and O–H groups in total. The first kappa shape index (κ1) is 14.6. The molecule has 2 heterocycles. The highest BCUT2D eigenvalue weighted by atomic mass is 16.4. The second-order valence-electron chi connectivity index (χ2n) is 6.04. The highest BCUT2D eigenvalue weighted by Gasteiger charge is 2.34. The maximum Gasteiger partial charge on any atom is 0.488 e. The van der Waals surface area contributed by atoms with Gasteiger partial charge in [-0.3, -0.25) is 4.79 Å². The molecule has 2 atom stereocenters. The number of piperidine rings is 1. The smallest absolute Gasteiger partial charge is 0.423 e. The van der Waals surface area contributed by atoms with Crippen molar-refractivity contribution in [3.8, 4) is 0 Å². The minimum absolute atomic E-state index is 0.0473. The van der Waals surface area contributed by atoms with Crippen molar-refractivity contribution in [2.75, 3.05) is 18.4 Å². The lowest BCUT2D eigenvalue weighted by Gasteiger charge is -2.34. The number of anilines is 1. The summed E-state index contributed by atoms with van der Waals surface area (Å²) in [5.41, 5.74) is 1.01. The van der Waals surface area contributed by atoms with Crippen LogP contribution in [0.3, 0.4) is 0 Å². The molecule has 21 heavy (non-hydrogen) atoms. The lowest BCUT2D eigenvalue weighted by molar-refractivity contribution is -0.121. The molecule has 0 aliphatic carbocycles. The van der Waals surface area contributed by atoms with Crippen molar-refractivity contribution >= 4 is 24.2 Å². The molecule has 2 fully saturated rings. The number of amides is 1. The zero-order chi connectivity index (χ0) is 14.8. The lowest BCUT2D eigenvalue weighted by atomic mass is 9.80. The van der Waals surface area contributed by atoms with Crippen molar-refractivity contribution in [2.45, 2.75) is 31.7 Å². The van der Waals surface area contributed by atoms with E-state index >= 15 is 0 Å². The van der Waals surface area contributed by atoms with Crippen molar-refractivity contribution in [1.29, 1.82) is 0 Å². The van der Waals surface area contributed by atoms with E-state index in [0.29, 0.717) is 17.2 Å². The minimum Gasteiger partial charge on any atom is -0.423 e. The Kier molecular flexibility index (Phi) is 4.28. The molecule has 0 bridgehead atoms. The van der Waals surface area contributed by atoms with Gasteiger partial charge in [-0.05, 0) is 56.4 Å². The highest BCUT2D eigenvalue weighted by Crippen LogP contribution is 2.30. The Hall–Kier alpha value is -1.37. The number of nitrogens with one attached hydrogen (secondary N) is 1. The number of hydrogen-bond acceptors (Lipinski definition) is 4. The number of nitrogens with zero attached hydrogens (tertiary/aromatic N) is 1. The van der Waals surface area contributed by atoms with E-state index in [4.69, 9.17) is 0 Å². The quantitative estimate of drug-likeness (QED) is 0.694. The molecular weight excluding hydrogens is 267 g/mol. The zero-order valence-electron chi connectivity index (χ0n) is 12.0. The third kappa shape index (κ3) is 3.28. The Morgan fingerprint density at radius 3 is 2.95 bits per heavy atom. The van der Waals surface area contributed by atoms with E-state index in [0.717, 1.165) is 19.4 Å². The Morgan fingerprint density at radius 2 is 2.14 bits per heavy atom. The molecule has 6 heteroatoms. The first-order chi connectivity index (χ1) is 10.1. The number of carbonyl (C=O) groups excluding carboxylic acids is 1. The third-order valence-electron chi connectivity index (χ3n) is 4.64. The van der Waals surface area contributed by atoms with Crippen LogP contribution in [0.25, 0.3) is 0 Å². The van der Waals surface area contributed by atoms with Crippen LogP contribution in [0.15, 0.2) is 24.3 Å². The second kappa shape index (κ2) is 6.18. The van der Waals surface area contributed by atoms with Gasteiger partial charge in [0.05, 0.1) is 0 Å². The van der Waals surface area contributed by atoms with Crippen LogP contribution in [0.2, 0.25) is 0 Å². The first-order valence-electron chi connectivity index (χ1n) is 7.64. The molecule has 0 unspecified atom stereocenters. The third-order valence-corrected chi connectivity index (χ3v) is 4.64. The number of benzene rings is 1. The minimum atomic E-state index is -1.51. The van der Waals surface area contributed by atoms with Gasteiger partial charge in [0.2, 0.25) is 5.91 Å². The van der Waals surface area contributed by atoms with Gasteiger partial charge in [-0.2, -0.15) is 0 Å². The van der Waals surface area contributed by atoms with Crippen LogP contribution in [0.1, 0.15) is 25.7 Å². The van der Waals surface area contributed by atoms with Crippen molar-refractivity contribution in [3.05, 3.63) is 24.3 Å². The summed E-state index contributed by atoms with van der Waals surface area (Å²) in [7, 11) is -1.51. The molecule has 5 nitrogen and oxygen atoms in total. The SMILES string of the molecule is O=C(Nc1cccc(B(O)O)c1)[C@H]1CCN2CCC[C@H]2C1. The summed E-state index contributed by atoms with van der Waals surface area (Å²) in [6, 6.07) is 7.28. The Labute approximate surface area is 125 Å². The van der Waals surface area contributed by atoms with Gasteiger partial charge in [0, 0.05) is 17.6 Å². The standard InChI is InChI=1S/C15H21BN2O3/c19-15(11-6-8-18-7-2-5-14(18)9-11)17-13-4-1-3-12(10-13)16(20)21/h1,3-4,10-11,14,20-21H,2,5-9H2,(H,17,19)/t11-,14-/m0/s1. The van der Waals surface area contributed by atoms with E-state index in [1.54, 1.807) is 24.3 Å². The fraction of sp³-hybridized carbons (Fsp3) is 0.533. The van der Waals surface area contributed by atoms with Crippen LogP contribution < -0.4 is 10.8 Å². The van der Waals surface area contributed by atoms with Crippen LogP contribution in [0.5, 0.6) is 0 Å². The molecule has 112 valence electrons. The molecule has 0 saturated carbocycles. The molecular formula is C15H21BN2O3. The molecule has 1 amide bonds. The van der Waals surface area contributed by atoms with Crippen LogP contribution in [0.4, 0.5) is 5.69 Å². The molecule has 3 rings (SSSR count). The van der Waals surface area contributed by atoms with Gasteiger partial charge in [-0.25, -0.2) is 0 Å². The average Bonchev–Trinajstić information content (AvgIpc) is 2.94. The summed E-state index contributed by atoms with van der Waals surface area (Å²) in [5, 5.41) is 21.2. The molecule has 1 aromatic carbocycles. The van der Waals surface area contributed by atoms with E-state index < -0.39 is 7.12 Å². The van der Waals surface area contributed by atoms with Crippen molar-refractivity contribution < 1.29 is 14.8 Å². The summed E-state index contributed by atoms with van der Waals surface area (Å²) in [6.45, 7) is 2.19. The van der Waals surface area contributed by atoms with Gasteiger partial charge in [-0.1, -0.05) is 12.1 Å². The van der Waals surface area contributed by atoms with Crippen LogP contribution in [-0.4, -0.2) is 47.1 Å². The van der Waals surface area contributed by atoms with E-state index in [1.165, 1.54) is 19.4 Å². The maximum absolute atomic E-state index is 12.4. The molecule has 1 aromatic rings. The van der Waals surface area contributed by atoms with Gasteiger partial charge in [-0.15, -0.1) is 0 Å². The molecule has 2 aliphatic rings. The summed E-state index contributed by atoms with van der Waals surface area (Å²) >= 11 is 0. The number of rotatable bonds is 3. The van der Waals surface area contributed by atoms with E-state index in [2.05, 4.69) is 10.2 Å². The fourth-order valence-corrected chi connectivity index (χ4v) is 3.48. The molecule has 0 aromatic heterocycles. The molecule has 0 spiro atoms. The highest BCUT2D eigenvalue weighted by molar-refractivity contribution is 6.58. The maximum atomic E-state index is 12.4. The van der Waals surface area contributed by atoms with Crippen molar-refractivity contribution in [3.63, 3.8) is 0 Å². The van der Waals surface area contributed by atoms with Gasteiger partial charge < -0.3 is 20.3 Å². The normalized spacial score (nSPS) is 25.4. The number of carbonyl (C=O) groups is 1. The van der Waals surface area contributed by atoms with Crippen molar-refractivity contribution in [2.24, 2.45) is 5.92 Å². The zero-order valence-corrected chi connectivity index (χ0v) is 12.0.